The number of fused-ring (bicyclic) bond motifs is 1. The van der Waals surface area contributed by atoms with E-state index in [1.165, 1.54) is 24.3 Å². The molecule has 312 valence electrons. The van der Waals surface area contributed by atoms with Crippen molar-refractivity contribution in [1.29, 1.82) is 0 Å². The van der Waals surface area contributed by atoms with Crippen molar-refractivity contribution in [3.8, 4) is 16.9 Å². The van der Waals surface area contributed by atoms with Crippen LogP contribution in [0.4, 0.5) is 23.7 Å². The van der Waals surface area contributed by atoms with Crippen molar-refractivity contribution < 1.29 is 37.7 Å². The van der Waals surface area contributed by atoms with Gasteiger partial charge in [0.05, 0.1) is 18.2 Å². The van der Waals surface area contributed by atoms with Crippen LogP contribution in [-0.4, -0.2) is 51.5 Å². The molecule has 2 bridgehead atoms. The van der Waals surface area contributed by atoms with Crippen LogP contribution < -0.4 is 10.1 Å². The number of Topliss-reactive ketones (excluding diaryl/α,β-unsaturated/α-hetero) is 1. The van der Waals surface area contributed by atoms with Gasteiger partial charge in [-0.1, -0.05) is 117 Å². The van der Waals surface area contributed by atoms with Crippen LogP contribution in [0.25, 0.3) is 11.1 Å². The van der Waals surface area contributed by atoms with E-state index in [4.69, 9.17) is 0 Å². The number of allylic oxidation sites excluding steroid dienone is 4. The molecule has 60 heavy (non-hydrogen) atoms. The Morgan fingerprint density at radius 2 is 1.40 bits per heavy atom. The summed E-state index contributed by atoms with van der Waals surface area (Å²) >= 11 is 0. The topological polar surface area (TPSA) is 99.1 Å². The molecule has 4 aromatic rings. The molecule has 6 aliphatic rings. The highest BCUT2D eigenvalue weighted by atomic mass is 19.4. The van der Waals surface area contributed by atoms with E-state index in [9.17, 15) is 28.2 Å². The number of carbonyl (C=O) groups is 2. The van der Waals surface area contributed by atoms with E-state index in [0.717, 1.165) is 29.5 Å². The zero-order chi connectivity index (χ0) is 42.1. The van der Waals surface area contributed by atoms with Crippen LogP contribution in [0, 0.1) is 33.5 Å². The van der Waals surface area contributed by atoms with Crippen LogP contribution in [-0.2, 0) is 6.54 Å². The number of hydrogen-bond donors (Lipinski definition) is 3. The molecule has 0 heterocycles. The second-order valence-electron chi connectivity index (χ2n) is 18.4. The second kappa shape index (κ2) is 14.5. The van der Waals surface area contributed by atoms with Gasteiger partial charge in [-0.05, 0) is 103 Å². The van der Waals surface area contributed by atoms with Crippen molar-refractivity contribution >= 4 is 17.5 Å². The van der Waals surface area contributed by atoms with Crippen LogP contribution in [0.15, 0.2) is 133 Å². The third-order valence-corrected chi connectivity index (χ3v) is 15.5. The SMILES string of the molecule is CC12CCC(O)CC13C=CC1(C(C(=O)c4ccc(-c5ccccc5)cc4)=C3)C2CCC2(C)C1CCC2(O)CN(Cc1ccc(OC(F)(F)F)cc1)C(=O)Nc1ccccc1. The Labute approximate surface area is 349 Å². The van der Waals surface area contributed by atoms with Gasteiger partial charge in [-0.25, -0.2) is 4.79 Å². The Balaban J connectivity index is 1.08. The zero-order valence-electron chi connectivity index (χ0n) is 33.9. The summed E-state index contributed by atoms with van der Waals surface area (Å²) in [5.41, 5.74) is 1.05. The van der Waals surface area contributed by atoms with Gasteiger partial charge < -0.3 is 25.2 Å². The monoisotopic (exact) mass is 816 g/mol. The number of carbonyl (C=O) groups excluding carboxylic acids is 2. The van der Waals surface area contributed by atoms with Crippen molar-refractivity contribution in [2.45, 2.75) is 83.4 Å². The van der Waals surface area contributed by atoms with E-state index in [1.807, 2.05) is 60.7 Å². The summed E-state index contributed by atoms with van der Waals surface area (Å²) in [6.45, 7) is 4.46. The van der Waals surface area contributed by atoms with Crippen molar-refractivity contribution in [3.05, 3.63) is 144 Å². The standard InChI is InChI=1S/C50H51F3N2O5/c1-45-24-21-38(56)29-47(45)27-28-49(40(30-47)43(57)36-17-15-35(16-18-36)34-9-5-3-6-10-34)41(45)22-25-46(2)42(49)23-26-48(46,59)32-55(44(58)54-37-11-7-4-8-12-37)31-33-13-19-39(20-14-33)60-50(51,52)53/h3-20,27-28,30,38,41-42,56,59H,21-26,29,31-32H2,1-2H3,(H,54,58). The maximum absolute atomic E-state index is 15.2. The fourth-order valence-corrected chi connectivity index (χ4v) is 12.5. The highest BCUT2D eigenvalue weighted by molar-refractivity contribution is 6.10. The third-order valence-electron chi connectivity index (χ3n) is 15.5. The van der Waals surface area contributed by atoms with Gasteiger partial charge >= 0.3 is 12.4 Å². The molecule has 8 atom stereocenters. The van der Waals surface area contributed by atoms with Crippen molar-refractivity contribution in [2.24, 2.45) is 33.5 Å². The van der Waals surface area contributed by atoms with E-state index < -0.39 is 40.3 Å². The first-order valence-corrected chi connectivity index (χ1v) is 21.1. The minimum atomic E-state index is -4.84. The highest BCUT2D eigenvalue weighted by Gasteiger charge is 2.74. The van der Waals surface area contributed by atoms with Crippen molar-refractivity contribution in [3.63, 3.8) is 0 Å². The molecule has 3 N–H and O–H groups in total. The lowest BCUT2D eigenvalue weighted by Gasteiger charge is -2.71. The summed E-state index contributed by atoms with van der Waals surface area (Å²) in [4.78, 5) is 30.9. The van der Waals surface area contributed by atoms with Crippen LogP contribution in [0.1, 0.15) is 74.7 Å². The molecule has 3 fully saturated rings. The first-order chi connectivity index (χ1) is 28.6. The summed E-state index contributed by atoms with van der Waals surface area (Å²) in [7, 11) is 0. The summed E-state index contributed by atoms with van der Waals surface area (Å²) in [6.07, 6.45) is 5.94. The Kier molecular flexibility index (Phi) is 9.71. The summed E-state index contributed by atoms with van der Waals surface area (Å²) in [5.74, 6) is -0.461. The molecule has 0 aromatic heterocycles. The molecule has 7 nitrogen and oxygen atoms in total. The van der Waals surface area contributed by atoms with Gasteiger partial charge in [-0.2, -0.15) is 0 Å². The predicted octanol–water partition coefficient (Wildman–Crippen LogP) is 10.8. The lowest BCUT2D eigenvalue weighted by molar-refractivity contribution is -0.274. The Morgan fingerprint density at radius 3 is 2.08 bits per heavy atom. The van der Waals surface area contributed by atoms with E-state index in [1.54, 1.807) is 29.2 Å². The number of ether oxygens (including phenoxy) is 1. The fourth-order valence-electron chi connectivity index (χ4n) is 12.5. The predicted molar refractivity (Wildman–Crippen MR) is 224 cm³/mol. The summed E-state index contributed by atoms with van der Waals surface area (Å²) in [6, 6.07) is 31.8. The molecule has 10 rings (SSSR count). The molecular weight excluding hydrogens is 766 g/mol. The number of rotatable bonds is 9. The number of amides is 2. The highest BCUT2D eigenvalue weighted by Crippen LogP contribution is 2.78. The van der Waals surface area contributed by atoms with Crippen molar-refractivity contribution in [2.75, 3.05) is 11.9 Å². The third kappa shape index (κ3) is 6.49. The molecule has 4 aromatic carbocycles. The largest absolute Gasteiger partial charge is 0.573 e. The molecule has 0 saturated heterocycles. The van der Waals surface area contributed by atoms with Crippen LogP contribution in [0.3, 0.4) is 0 Å². The number of urea groups is 1. The van der Waals surface area contributed by atoms with E-state index in [-0.39, 0.29) is 41.9 Å². The molecule has 0 radical (unpaired) electrons. The summed E-state index contributed by atoms with van der Waals surface area (Å²) < 4.78 is 43.0. The number of alkyl halides is 3. The van der Waals surface area contributed by atoms with Gasteiger partial charge in [-0.3, -0.25) is 4.79 Å². The molecule has 10 heteroatoms. The van der Waals surface area contributed by atoms with Gasteiger partial charge in [0.15, 0.2) is 5.78 Å². The first-order valence-electron chi connectivity index (χ1n) is 21.1. The van der Waals surface area contributed by atoms with Crippen LogP contribution in [0.2, 0.25) is 0 Å². The zero-order valence-corrected chi connectivity index (χ0v) is 33.9. The average molecular weight is 817 g/mol. The van der Waals surface area contributed by atoms with E-state index in [2.05, 4.69) is 42.1 Å². The maximum atomic E-state index is 15.2. The average Bonchev–Trinajstić information content (AvgIpc) is 3.50. The fraction of sp³-hybridized carbons (Fsp3) is 0.400. The van der Waals surface area contributed by atoms with Gasteiger partial charge in [-0.15, -0.1) is 13.2 Å². The van der Waals surface area contributed by atoms with Gasteiger partial charge in [0.25, 0.3) is 0 Å². The molecule has 6 aliphatic carbocycles. The molecule has 8 unspecified atom stereocenters. The second-order valence-corrected chi connectivity index (χ2v) is 18.4. The number of nitrogens with zero attached hydrogens (tertiary/aromatic N) is 1. The molecular formula is C50H51F3N2O5. The lowest BCUT2D eigenvalue weighted by atomic mass is 9.32. The normalized spacial score (nSPS) is 32.6. The lowest BCUT2D eigenvalue weighted by Crippen LogP contribution is -2.67. The quantitative estimate of drug-likeness (QED) is 0.115. The minimum Gasteiger partial charge on any atom is -0.406 e. The number of aliphatic hydroxyl groups excluding tert-OH is 1. The number of ketones is 1. The van der Waals surface area contributed by atoms with Crippen LogP contribution >= 0.6 is 0 Å². The van der Waals surface area contributed by atoms with Gasteiger partial charge in [0.2, 0.25) is 0 Å². The van der Waals surface area contributed by atoms with Gasteiger partial charge in [0, 0.05) is 39.6 Å². The number of para-hydroxylation sites is 1. The molecule has 2 amide bonds. The van der Waals surface area contributed by atoms with Crippen LogP contribution in [0.5, 0.6) is 5.75 Å². The molecule has 0 aliphatic heterocycles. The Bertz CT molecular complexity index is 2330. The smallest absolute Gasteiger partial charge is 0.406 e. The number of aliphatic hydroxyl groups is 2. The number of halogens is 3. The number of hydrogen-bond acceptors (Lipinski definition) is 5. The Hall–Kier alpha value is -5.19. The number of anilines is 1. The van der Waals surface area contributed by atoms with Crippen molar-refractivity contribution in [1.82, 2.24) is 4.90 Å². The minimum absolute atomic E-state index is 0.0211. The molecule has 2 spiro atoms. The molecule has 3 saturated carbocycles. The van der Waals surface area contributed by atoms with E-state index >= 15 is 4.79 Å². The van der Waals surface area contributed by atoms with Gasteiger partial charge in [0.1, 0.15) is 5.75 Å². The van der Waals surface area contributed by atoms with E-state index in [0.29, 0.717) is 48.9 Å². The number of nitrogens with one attached hydrogen (secondary N) is 1. The summed E-state index contributed by atoms with van der Waals surface area (Å²) in [5, 5.41) is 27.3. The first kappa shape index (κ1) is 40.2. The Morgan fingerprint density at radius 1 is 0.783 bits per heavy atom. The number of benzene rings is 4. The maximum Gasteiger partial charge on any atom is 0.573 e.